The summed E-state index contributed by atoms with van der Waals surface area (Å²) < 4.78 is 4.57. The van der Waals surface area contributed by atoms with Crippen LogP contribution >= 0.6 is 11.3 Å². The largest absolute Gasteiger partial charge is 0.465 e. The van der Waals surface area contributed by atoms with Crippen molar-refractivity contribution < 1.29 is 14.3 Å². The summed E-state index contributed by atoms with van der Waals surface area (Å²) in [4.78, 5) is 27.3. The van der Waals surface area contributed by atoms with Crippen LogP contribution in [0.15, 0.2) is 18.3 Å². The lowest BCUT2D eigenvalue weighted by molar-refractivity contribution is -0.116. The molecule has 0 fully saturated rings. The van der Waals surface area contributed by atoms with Gasteiger partial charge in [0.05, 0.1) is 13.3 Å². The number of esters is 1. The topological polar surface area (TPSA) is 68.3 Å². The molecule has 1 N–H and O–H groups in total. The number of methoxy groups -OCH3 is 1. The Morgan fingerprint density at radius 2 is 2.44 bits per heavy atom. The lowest BCUT2D eigenvalue weighted by Gasteiger charge is -2.06. The first kappa shape index (κ1) is 12.8. The van der Waals surface area contributed by atoms with E-state index < -0.39 is 5.97 Å². The maximum atomic E-state index is 11.7. The number of aromatic nitrogens is 1. The van der Waals surface area contributed by atoms with Gasteiger partial charge in [0, 0.05) is 6.42 Å². The van der Waals surface area contributed by atoms with Gasteiger partial charge in [-0.15, -0.1) is 0 Å². The fourth-order valence-corrected chi connectivity index (χ4v) is 2.55. The average Bonchev–Trinajstić information content (AvgIpc) is 2.99. The molecular weight excluding hydrogens is 252 g/mol. The number of nitrogens with zero attached hydrogens (tertiary/aromatic N) is 1. The predicted octanol–water partition coefficient (Wildman–Crippen LogP) is 2.22. The van der Waals surface area contributed by atoms with E-state index in [-0.39, 0.29) is 5.91 Å². The number of carbonyl (C=O) groups excluding carboxylic acids is 2. The predicted molar refractivity (Wildman–Crippen MR) is 68.6 cm³/mol. The van der Waals surface area contributed by atoms with Gasteiger partial charge in [-0.2, -0.15) is 0 Å². The third kappa shape index (κ3) is 3.16. The summed E-state index contributed by atoms with van der Waals surface area (Å²) in [6, 6.07) is 0. The molecule has 0 saturated carbocycles. The van der Waals surface area contributed by atoms with E-state index in [0.29, 0.717) is 22.3 Å². The van der Waals surface area contributed by atoms with Crippen LogP contribution in [0.25, 0.3) is 0 Å². The second kappa shape index (κ2) is 5.77. The molecule has 1 aliphatic carbocycles. The van der Waals surface area contributed by atoms with Gasteiger partial charge in [0.2, 0.25) is 5.91 Å². The highest BCUT2D eigenvalue weighted by Crippen LogP contribution is 2.22. The highest BCUT2D eigenvalue weighted by Gasteiger charge is 2.16. The van der Waals surface area contributed by atoms with Crippen molar-refractivity contribution in [1.82, 2.24) is 4.98 Å². The summed E-state index contributed by atoms with van der Waals surface area (Å²) >= 11 is 1.12. The fourth-order valence-electron chi connectivity index (χ4n) is 1.80. The molecule has 0 unspecified atom stereocenters. The summed E-state index contributed by atoms with van der Waals surface area (Å²) in [5.74, 6) is -0.186. The number of thiazole rings is 1. The van der Waals surface area contributed by atoms with Crippen LogP contribution in [0.2, 0.25) is 0 Å². The minimum absolute atomic E-state index is 0.0719. The molecular formula is C12H14N2O3S. The molecule has 1 heterocycles. The monoisotopic (exact) mass is 266 g/mol. The maximum Gasteiger partial charge on any atom is 0.349 e. The Balaban J connectivity index is 1.88. The van der Waals surface area contributed by atoms with Crippen LogP contribution in [0.5, 0.6) is 0 Å². The van der Waals surface area contributed by atoms with Gasteiger partial charge in [-0.1, -0.05) is 23.5 Å². The summed E-state index contributed by atoms with van der Waals surface area (Å²) in [6.45, 7) is 0. The standard InChI is InChI=1S/C12H14N2O3S/c1-17-11(16)9-7-13-12(18-9)14-10(15)6-8-4-2-3-5-8/h2,4,7-8H,3,5-6H2,1H3,(H,13,14,15)/t8-/m1/s1. The van der Waals surface area contributed by atoms with Crippen molar-refractivity contribution in [3.05, 3.63) is 23.2 Å². The molecule has 0 spiro atoms. The van der Waals surface area contributed by atoms with E-state index in [4.69, 9.17) is 0 Å². The van der Waals surface area contributed by atoms with Gasteiger partial charge in [-0.3, -0.25) is 4.79 Å². The number of ether oxygens (including phenoxy) is 1. The van der Waals surface area contributed by atoms with Crippen molar-refractivity contribution in [1.29, 1.82) is 0 Å². The normalized spacial score (nSPS) is 17.7. The van der Waals surface area contributed by atoms with Crippen molar-refractivity contribution in [2.24, 2.45) is 5.92 Å². The van der Waals surface area contributed by atoms with E-state index in [1.807, 2.05) is 0 Å². The number of amides is 1. The zero-order valence-corrected chi connectivity index (χ0v) is 10.8. The Bertz CT molecular complexity index is 481. The molecule has 1 aromatic rings. The van der Waals surface area contributed by atoms with Crippen LogP contribution < -0.4 is 5.32 Å². The highest BCUT2D eigenvalue weighted by molar-refractivity contribution is 7.17. The second-order valence-electron chi connectivity index (χ2n) is 4.04. The first-order valence-electron chi connectivity index (χ1n) is 5.69. The zero-order valence-electron chi connectivity index (χ0n) is 10.0. The lowest BCUT2D eigenvalue weighted by atomic mass is 10.1. The Kier molecular flexibility index (Phi) is 4.09. The molecule has 0 aliphatic heterocycles. The van der Waals surface area contributed by atoms with Gasteiger partial charge in [0.15, 0.2) is 5.13 Å². The van der Waals surface area contributed by atoms with Crippen LogP contribution in [-0.4, -0.2) is 24.0 Å². The van der Waals surface area contributed by atoms with Crippen LogP contribution in [0.1, 0.15) is 28.9 Å². The molecule has 96 valence electrons. The summed E-state index contributed by atoms with van der Waals surface area (Å²) in [5.41, 5.74) is 0. The quantitative estimate of drug-likeness (QED) is 0.670. The number of allylic oxidation sites excluding steroid dienone is 2. The average molecular weight is 266 g/mol. The van der Waals surface area contributed by atoms with Crippen molar-refractivity contribution >= 4 is 28.3 Å². The first-order chi connectivity index (χ1) is 8.69. The van der Waals surface area contributed by atoms with E-state index in [1.54, 1.807) is 0 Å². The molecule has 18 heavy (non-hydrogen) atoms. The smallest absolute Gasteiger partial charge is 0.349 e. The van der Waals surface area contributed by atoms with Gasteiger partial charge in [0.1, 0.15) is 4.88 Å². The highest BCUT2D eigenvalue weighted by atomic mass is 32.1. The van der Waals surface area contributed by atoms with E-state index >= 15 is 0 Å². The molecule has 0 radical (unpaired) electrons. The number of rotatable bonds is 4. The minimum atomic E-state index is -0.438. The van der Waals surface area contributed by atoms with Crippen molar-refractivity contribution in [2.45, 2.75) is 19.3 Å². The second-order valence-corrected chi connectivity index (χ2v) is 5.07. The third-order valence-corrected chi connectivity index (χ3v) is 3.59. The van der Waals surface area contributed by atoms with Gasteiger partial charge >= 0.3 is 5.97 Å². The molecule has 6 heteroatoms. The number of nitrogens with one attached hydrogen (secondary N) is 1. The number of hydrogen-bond acceptors (Lipinski definition) is 5. The molecule has 1 aromatic heterocycles. The lowest BCUT2D eigenvalue weighted by Crippen LogP contribution is -2.14. The zero-order chi connectivity index (χ0) is 13.0. The molecule has 1 amide bonds. The van der Waals surface area contributed by atoms with Gasteiger partial charge in [-0.25, -0.2) is 9.78 Å². The van der Waals surface area contributed by atoms with Crippen molar-refractivity contribution in [3.63, 3.8) is 0 Å². The van der Waals surface area contributed by atoms with Gasteiger partial charge < -0.3 is 10.1 Å². The van der Waals surface area contributed by atoms with Crippen molar-refractivity contribution in [2.75, 3.05) is 12.4 Å². The molecule has 0 bridgehead atoms. The van der Waals surface area contributed by atoms with Crippen molar-refractivity contribution in [3.8, 4) is 0 Å². The van der Waals surface area contributed by atoms with E-state index in [0.717, 1.165) is 24.2 Å². The number of carbonyl (C=O) groups is 2. The minimum Gasteiger partial charge on any atom is -0.465 e. The summed E-state index contributed by atoms with van der Waals surface area (Å²) in [6.07, 6.45) is 8.10. The number of anilines is 1. The molecule has 2 rings (SSSR count). The fraction of sp³-hybridized carbons (Fsp3) is 0.417. The Labute approximate surface area is 109 Å². The van der Waals surface area contributed by atoms with Crippen LogP contribution in [0.4, 0.5) is 5.13 Å². The molecule has 1 atom stereocenters. The van der Waals surface area contributed by atoms with Crippen LogP contribution in [0, 0.1) is 5.92 Å². The first-order valence-corrected chi connectivity index (χ1v) is 6.51. The van der Waals surface area contributed by atoms with Crippen LogP contribution in [-0.2, 0) is 9.53 Å². The maximum absolute atomic E-state index is 11.7. The van der Waals surface area contributed by atoms with E-state index in [1.165, 1.54) is 13.3 Å². The molecule has 0 saturated heterocycles. The summed E-state index contributed by atoms with van der Waals surface area (Å²) in [7, 11) is 1.31. The molecule has 5 nitrogen and oxygen atoms in total. The van der Waals surface area contributed by atoms with E-state index in [2.05, 4.69) is 27.2 Å². The third-order valence-electron chi connectivity index (χ3n) is 2.70. The molecule has 0 aromatic carbocycles. The van der Waals surface area contributed by atoms with Gasteiger partial charge in [0.25, 0.3) is 0 Å². The van der Waals surface area contributed by atoms with E-state index in [9.17, 15) is 9.59 Å². The van der Waals surface area contributed by atoms with Crippen LogP contribution in [0.3, 0.4) is 0 Å². The molecule has 1 aliphatic rings. The Morgan fingerprint density at radius 3 is 3.11 bits per heavy atom. The van der Waals surface area contributed by atoms with Gasteiger partial charge in [-0.05, 0) is 18.8 Å². The Morgan fingerprint density at radius 1 is 1.61 bits per heavy atom. The summed E-state index contributed by atoms with van der Waals surface area (Å²) in [5, 5.41) is 3.13. The Hall–Kier alpha value is -1.69. The SMILES string of the molecule is COC(=O)c1cnc(NC(=O)C[C@@H]2C=CCC2)s1. The number of hydrogen-bond donors (Lipinski definition) is 1.